The van der Waals surface area contributed by atoms with Gasteiger partial charge in [-0.3, -0.25) is 14.7 Å². The van der Waals surface area contributed by atoms with Gasteiger partial charge in [0, 0.05) is 11.1 Å². The number of nitrogens with one attached hydrogen (secondary N) is 3. The van der Waals surface area contributed by atoms with Crippen LogP contribution in [0.2, 0.25) is 0 Å². The zero-order valence-corrected chi connectivity index (χ0v) is 11.0. The zero-order valence-electron chi connectivity index (χ0n) is 11.0. The first kappa shape index (κ1) is 12.6. The van der Waals surface area contributed by atoms with E-state index in [1.54, 1.807) is 6.07 Å². The Morgan fingerprint density at radius 3 is 2.80 bits per heavy atom. The van der Waals surface area contributed by atoms with Crippen molar-refractivity contribution in [3.05, 3.63) is 35.4 Å². The van der Waals surface area contributed by atoms with Gasteiger partial charge >= 0.3 is 0 Å². The minimum atomic E-state index is -0.218. The standard InChI is InChI=1S/C14H14N4O2/c1-2-15-7-10(19)16-14-11-12(17-18-14)8-5-3-4-6-9(8)13(11)20/h3-6,15H,2,7H2,1H3,(H2,16,17,18,19). The van der Waals surface area contributed by atoms with Crippen LogP contribution in [-0.2, 0) is 4.79 Å². The maximum absolute atomic E-state index is 12.3. The molecule has 0 atom stereocenters. The Morgan fingerprint density at radius 1 is 1.30 bits per heavy atom. The molecule has 2 aromatic rings. The van der Waals surface area contributed by atoms with E-state index in [1.807, 2.05) is 25.1 Å². The number of fused-ring (bicyclic) bond motifs is 3. The van der Waals surface area contributed by atoms with Crippen LogP contribution in [0.15, 0.2) is 24.3 Å². The normalized spacial score (nSPS) is 12.2. The lowest BCUT2D eigenvalue weighted by atomic mass is 10.1. The molecule has 0 unspecified atom stereocenters. The Balaban J connectivity index is 1.90. The van der Waals surface area contributed by atoms with Crippen LogP contribution in [0.25, 0.3) is 11.3 Å². The molecule has 1 aromatic heterocycles. The van der Waals surface area contributed by atoms with Crippen LogP contribution in [0.1, 0.15) is 22.8 Å². The van der Waals surface area contributed by atoms with Crippen LogP contribution in [0.3, 0.4) is 0 Å². The molecule has 3 N–H and O–H groups in total. The van der Waals surface area contributed by atoms with E-state index < -0.39 is 0 Å². The number of aromatic nitrogens is 2. The van der Waals surface area contributed by atoms with Crippen molar-refractivity contribution in [3.63, 3.8) is 0 Å². The quantitative estimate of drug-likeness (QED) is 0.664. The highest BCUT2D eigenvalue weighted by Gasteiger charge is 2.32. The largest absolute Gasteiger partial charge is 0.309 e. The Morgan fingerprint density at radius 2 is 2.05 bits per heavy atom. The molecule has 1 aliphatic rings. The highest BCUT2D eigenvalue weighted by molar-refractivity contribution is 6.24. The van der Waals surface area contributed by atoms with Crippen molar-refractivity contribution < 1.29 is 9.59 Å². The molecule has 0 radical (unpaired) electrons. The minimum Gasteiger partial charge on any atom is -0.309 e. The number of anilines is 1. The van der Waals surface area contributed by atoms with Gasteiger partial charge in [0.05, 0.1) is 17.8 Å². The zero-order chi connectivity index (χ0) is 14.1. The molecule has 0 spiro atoms. The van der Waals surface area contributed by atoms with E-state index in [4.69, 9.17) is 0 Å². The third kappa shape index (κ3) is 1.90. The third-order valence-electron chi connectivity index (χ3n) is 3.23. The average Bonchev–Trinajstić information content (AvgIpc) is 2.99. The fourth-order valence-electron chi connectivity index (χ4n) is 2.30. The molecule has 1 heterocycles. The fourth-order valence-corrected chi connectivity index (χ4v) is 2.30. The lowest BCUT2D eigenvalue weighted by molar-refractivity contribution is -0.115. The van der Waals surface area contributed by atoms with Crippen LogP contribution in [0.4, 0.5) is 5.82 Å². The second-order valence-electron chi connectivity index (χ2n) is 4.53. The molecule has 102 valence electrons. The van der Waals surface area contributed by atoms with E-state index in [1.165, 1.54) is 0 Å². The van der Waals surface area contributed by atoms with E-state index in [2.05, 4.69) is 20.8 Å². The highest BCUT2D eigenvalue weighted by Crippen LogP contribution is 2.38. The topological polar surface area (TPSA) is 86.9 Å². The molecular weight excluding hydrogens is 256 g/mol. The fraction of sp³-hybridized carbons (Fsp3) is 0.214. The SMILES string of the molecule is CCNCC(=O)Nc1n[nH]c2c1C(=O)c1ccccc1-2. The monoisotopic (exact) mass is 270 g/mol. The first-order chi connectivity index (χ1) is 9.72. The smallest absolute Gasteiger partial charge is 0.239 e. The van der Waals surface area contributed by atoms with Gasteiger partial charge in [0.15, 0.2) is 11.6 Å². The van der Waals surface area contributed by atoms with Gasteiger partial charge in [-0.2, -0.15) is 5.10 Å². The predicted molar refractivity (Wildman–Crippen MR) is 74.6 cm³/mol. The number of carbonyl (C=O) groups excluding carboxylic acids is 2. The summed E-state index contributed by atoms with van der Waals surface area (Å²) in [5, 5.41) is 12.4. The maximum Gasteiger partial charge on any atom is 0.239 e. The number of nitrogens with zero attached hydrogens (tertiary/aromatic N) is 1. The van der Waals surface area contributed by atoms with Crippen LogP contribution >= 0.6 is 0 Å². The van der Waals surface area contributed by atoms with Gasteiger partial charge in [0.1, 0.15) is 0 Å². The van der Waals surface area contributed by atoms with Gasteiger partial charge in [0.25, 0.3) is 0 Å². The molecule has 1 aromatic carbocycles. The van der Waals surface area contributed by atoms with Crippen molar-refractivity contribution in [2.45, 2.75) is 6.92 Å². The first-order valence-electron chi connectivity index (χ1n) is 6.45. The van der Waals surface area contributed by atoms with Gasteiger partial charge in [-0.05, 0) is 6.54 Å². The molecule has 6 nitrogen and oxygen atoms in total. The predicted octanol–water partition coefficient (Wildman–Crippen LogP) is 1.17. The summed E-state index contributed by atoms with van der Waals surface area (Å²) in [6.07, 6.45) is 0. The van der Waals surface area contributed by atoms with Crippen LogP contribution in [-0.4, -0.2) is 35.0 Å². The molecule has 0 bridgehead atoms. The number of H-pyrrole nitrogens is 1. The lowest BCUT2D eigenvalue weighted by Gasteiger charge is -2.03. The molecular formula is C14H14N4O2. The maximum atomic E-state index is 12.3. The van der Waals surface area contributed by atoms with Gasteiger partial charge < -0.3 is 10.6 Å². The Bertz CT molecular complexity index is 690. The first-order valence-corrected chi connectivity index (χ1v) is 6.45. The summed E-state index contributed by atoms with van der Waals surface area (Å²) in [4.78, 5) is 24.0. The molecule has 0 saturated heterocycles. The number of benzene rings is 1. The Hall–Kier alpha value is -2.47. The van der Waals surface area contributed by atoms with E-state index in [9.17, 15) is 9.59 Å². The molecule has 1 aliphatic carbocycles. The summed E-state index contributed by atoms with van der Waals surface area (Å²) >= 11 is 0. The summed E-state index contributed by atoms with van der Waals surface area (Å²) in [5.74, 6) is -0.0305. The average molecular weight is 270 g/mol. The molecule has 0 fully saturated rings. The molecule has 20 heavy (non-hydrogen) atoms. The second-order valence-corrected chi connectivity index (χ2v) is 4.53. The Kier molecular flexibility index (Phi) is 3.08. The van der Waals surface area contributed by atoms with Crippen LogP contribution < -0.4 is 10.6 Å². The van der Waals surface area contributed by atoms with Crippen molar-refractivity contribution >= 4 is 17.5 Å². The summed E-state index contributed by atoms with van der Waals surface area (Å²) in [6.45, 7) is 2.81. The van der Waals surface area contributed by atoms with E-state index in [-0.39, 0.29) is 18.2 Å². The highest BCUT2D eigenvalue weighted by atomic mass is 16.2. The van der Waals surface area contributed by atoms with Crippen molar-refractivity contribution in [3.8, 4) is 11.3 Å². The summed E-state index contributed by atoms with van der Waals surface area (Å²) in [5.41, 5.74) is 2.57. The van der Waals surface area contributed by atoms with Gasteiger partial charge in [-0.25, -0.2) is 0 Å². The summed E-state index contributed by atoms with van der Waals surface area (Å²) < 4.78 is 0. The van der Waals surface area contributed by atoms with Gasteiger partial charge in [-0.15, -0.1) is 0 Å². The number of hydrogen-bond donors (Lipinski definition) is 3. The molecule has 6 heteroatoms. The van der Waals surface area contributed by atoms with Crippen molar-refractivity contribution in [1.29, 1.82) is 0 Å². The third-order valence-corrected chi connectivity index (χ3v) is 3.23. The molecule has 0 aliphatic heterocycles. The van der Waals surface area contributed by atoms with E-state index in [0.717, 1.165) is 5.56 Å². The van der Waals surface area contributed by atoms with Crippen LogP contribution in [0, 0.1) is 0 Å². The minimum absolute atomic E-state index is 0.108. The number of rotatable bonds is 4. The van der Waals surface area contributed by atoms with Crippen molar-refractivity contribution in [2.24, 2.45) is 0 Å². The lowest BCUT2D eigenvalue weighted by Crippen LogP contribution is -2.28. The Labute approximate surface area is 115 Å². The summed E-state index contributed by atoms with van der Waals surface area (Å²) in [7, 11) is 0. The van der Waals surface area contributed by atoms with E-state index >= 15 is 0 Å². The number of hydrogen-bond acceptors (Lipinski definition) is 4. The number of amides is 1. The van der Waals surface area contributed by atoms with Crippen LogP contribution in [0.5, 0.6) is 0 Å². The van der Waals surface area contributed by atoms with Crippen molar-refractivity contribution in [2.75, 3.05) is 18.4 Å². The summed E-state index contributed by atoms with van der Waals surface area (Å²) in [6, 6.07) is 7.32. The van der Waals surface area contributed by atoms with Gasteiger partial charge in [-0.1, -0.05) is 31.2 Å². The van der Waals surface area contributed by atoms with E-state index in [0.29, 0.717) is 29.2 Å². The molecule has 0 saturated carbocycles. The number of likely N-dealkylation sites (N-methyl/N-ethyl adjacent to an activating group) is 1. The number of ketones is 1. The molecule has 3 rings (SSSR count). The second kappa shape index (κ2) is 4.90. The number of carbonyl (C=O) groups is 2. The van der Waals surface area contributed by atoms with Gasteiger partial charge in [0.2, 0.25) is 5.91 Å². The van der Waals surface area contributed by atoms with Crippen molar-refractivity contribution in [1.82, 2.24) is 15.5 Å². The number of aromatic amines is 1. The molecule has 1 amide bonds.